The minimum absolute atomic E-state index is 0.686. The molecule has 0 unspecified atom stereocenters. The lowest BCUT2D eigenvalue weighted by atomic mass is 10.2. The number of aliphatic imine (C=N–C) groups is 1. The Labute approximate surface area is 63.7 Å². The molecule has 0 saturated heterocycles. The Hall–Kier alpha value is -0.370. The van der Waals surface area contributed by atoms with E-state index in [2.05, 4.69) is 24.2 Å². The molecule has 0 rings (SSSR count). The zero-order valence-corrected chi connectivity index (χ0v) is 7.22. The lowest BCUT2D eigenvalue weighted by molar-refractivity contribution is 0.665. The van der Waals surface area contributed by atoms with Crippen LogP contribution in [0.25, 0.3) is 0 Å². The van der Waals surface area contributed by atoms with Gasteiger partial charge in [-0.1, -0.05) is 13.8 Å². The molecular formula is C8H18N2. The molecule has 0 spiro atoms. The van der Waals surface area contributed by atoms with Crippen molar-refractivity contribution >= 4 is 6.21 Å². The van der Waals surface area contributed by atoms with E-state index in [0.29, 0.717) is 5.92 Å². The van der Waals surface area contributed by atoms with Crippen LogP contribution in [0.1, 0.15) is 20.3 Å². The van der Waals surface area contributed by atoms with Crippen molar-refractivity contribution in [2.45, 2.75) is 20.3 Å². The van der Waals surface area contributed by atoms with Crippen molar-refractivity contribution < 1.29 is 0 Å². The highest BCUT2D eigenvalue weighted by Gasteiger charge is 1.86. The lowest BCUT2D eigenvalue weighted by Crippen LogP contribution is -2.07. The molecule has 0 aromatic carbocycles. The van der Waals surface area contributed by atoms with Gasteiger partial charge in [0.15, 0.2) is 0 Å². The van der Waals surface area contributed by atoms with Crippen molar-refractivity contribution in [3.63, 3.8) is 0 Å². The number of rotatable bonds is 5. The van der Waals surface area contributed by atoms with Crippen LogP contribution < -0.4 is 5.32 Å². The van der Waals surface area contributed by atoms with E-state index in [1.165, 1.54) is 0 Å². The van der Waals surface area contributed by atoms with Gasteiger partial charge >= 0.3 is 0 Å². The van der Waals surface area contributed by atoms with Gasteiger partial charge in [0, 0.05) is 6.54 Å². The van der Waals surface area contributed by atoms with Crippen molar-refractivity contribution in [1.82, 2.24) is 5.32 Å². The van der Waals surface area contributed by atoms with Crippen molar-refractivity contribution in [1.29, 1.82) is 0 Å². The number of nitrogens with zero attached hydrogens (tertiary/aromatic N) is 1. The maximum atomic E-state index is 4.24. The molecule has 0 bridgehead atoms. The summed E-state index contributed by atoms with van der Waals surface area (Å²) in [6.45, 7) is 6.34. The largest absolute Gasteiger partial charge is 0.319 e. The summed E-state index contributed by atoms with van der Waals surface area (Å²) in [4.78, 5) is 4.24. The molecule has 0 aromatic rings. The van der Waals surface area contributed by atoms with Gasteiger partial charge in [-0.05, 0) is 32.1 Å². The molecule has 2 nitrogen and oxygen atoms in total. The predicted octanol–water partition coefficient (Wildman–Crippen LogP) is 1.32. The molecule has 0 radical (unpaired) electrons. The van der Waals surface area contributed by atoms with Gasteiger partial charge in [-0.2, -0.15) is 0 Å². The monoisotopic (exact) mass is 142 g/mol. The zero-order chi connectivity index (χ0) is 7.82. The maximum absolute atomic E-state index is 4.24. The van der Waals surface area contributed by atoms with Crippen molar-refractivity contribution in [3.8, 4) is 0 Å². The van der Waals surface area contributed by atoms with Crippen molar-refractivity contribution in [3.05, 3.63) is 0 Å². The second-order valence-electron chi connectivity index (χ2n) is 2.83. The smallest absolute Gasteiger partial charge is 0.0408 e. The van der Waals surface area contributed by atoms with Gasteiger partial charge in [0.05, 0.1) is 0 Å². The molecule has 0 aromatic heterocycles. The first-order valence-corrected chi connectivity index (χ1v) is 3.90. The second kappa shape index (κ2) is 6.75. The van der Waals surface area contributed by atoms with Gasteiger partial charge in [0.25, 0.3) is 0 Å². The summed E-state index contributed by atoms with van der Waals surface area (Å²) in [5.41, 5.74) is 0. The van der Waals surface area contributed by atoms with Gasteiger partial charge in [-0.3, -0.25) is 4.99 Å². The molecule has 1 N–H and O–H groups in total. The van der Waals surface area contributed by atoms with Crippen LogP contribution in [0.4, 0.5) is 0 Å². The van der Waals surface area contributed by atoms with Gasteiger partial charge in [-0.25, -0.2) is 0 Å². The molecule has 0 aliphatic heterocycles. The third-order valence-electron chi connectivity index (χ3n) is 1.12. The average Bonchev–Trinajstić information content (AvgIpc) is 1.87. The van der Waals surface area contributed by atoms with Gasteiger partial charge in [-0.15, -0.1) is 0 Å². The number of hydrogen-bond donors (Lipinski definition) is 1. The quantitative estimate of drug-likeness (QED) is 0.454. The minimum atomic E-state index is 0.686. The molecule has 0 heterocycles. The van der Waals surface area contributed by atoms with E-state index < -0.39 is 0 Å². The summed E-state index contributed by atoms with van der Waals surface area (Å²) in [5.74, 6) is 0.686. The fraction of sp³-hybridized carbons (Fsp3) is 0.875. The molecule has 0 saturated carbocycles. The Morgan fingerprint density at radius 2 is 2.20 bits per heavy atom. The third kappa shape index (κ3) is 7.63. The first kappa shape index (κ1) is 9.63. The molecule has 0 fully saturated rings. The summed E-state index contributed by atoms with van der Waals surface area (Å²) in [5, 5.41) is 3.06. The van der Waals surface area contributed by atoms with E-state index in [4.69, 9.17) is 0 Å². The van der Waals surface area contributed by atoms with Crippen LogP contribution in [0.15, 0.2) is 4.99 Å². The van der Waals surface area contributed by atoms with Crippen LogP contribution in [0.2, 0.25) is 0 Å². The van der Waals surface area contributed by atoms with Crippen LogP contribution in [-0.4, -0.2) is 26.4 Å². The van der Waals surface area contributed by atoms with Crippen LogP contribution in [0.5, 0.6) is 0 Å². The summed E-state index contributed by atoms with van der Waals surface area (Å²) >= 11 is 0. The van der Waals surface area contributed by atoms with E-state index in [0.717, 1.165) is 19.5 Å². The maximum Gasteiger partial charge on any atom is 0.0408 e. The number of nitrogens with one attached hydrogen (secondary N) is 1. The normalized spacial score (nSPS) is 11.6. The highest BCUT2D eigenvalue weighted by molar-refractivity contribution is 5.57. The van der Waals surface area contributed by atoms with E-state index >= 15 is 0 Å². The standard InChI is InChI=1S/C8H18N2/c1-8(2)7-10-6-4-5-9-3/h6,8-9H,4-5,7H2,1-3H3/b10-6-. The Bertz CT molecular complexity index is 87.3. The van der Waals surface area contributed by atoms with Crippen LogP contribution >= 0.6 is 0 Å². The molecule has 60 valence electrons. The first-order chi connectivity index (χ1) is 4.77. The topological polar surface area (TPSA) is 24.4 Å². The second-order valence-corrected chi connectivity index (χ2v) is 2.83. The molecule has 0 atom stereocenters. The van der Waals surface area contributed by atoms with Crippen molar-refractivity contribution in [2.24, 2.45) is 10.9 Å². The van der Waals surface area contributed by atoms with E-state index in [1.54, 1.807) is 0 Å². The van der Waals surface area contributed by atoms with E-state index in [1.807, 2.05) is 13.3 Å². The molecule has 0 aliphatic rings. The van der Waals surface area contributed by atoms with E-state index in [-0.39, 0.29) is 0 Å². The molecule has 0 aliphatic carbocycles. The summed E-state index contributed by atoms with van der Waals surface area (Å²) in [6, 6.07) is 0. The van der Waals surface area contributed by atoms with Gasteiger partial charge in [0.1, 0.15) is 0 Å². The summed E-state index contributed by atoms with van der Waals surface area (Å²) in [7, 11) is 1.95. The Balaban J connectivity index is 3.04. The minimum Gasteiger partial charge on any atom is -0.319 e. The fourth-order valence-electron chi connectivity index (χ4n) is 0.586. The van der Waals surface area contributed by atoms with Gasteiger partial charge in [0.2, 0.25) is 0 Å². The van der Waals surface area contributed by atoms with Crippen LogP contribution in [0.3, 0.4) is 0 Å². The van der Waals surface area contributed by atoms with Crippen molar-refractivity contribution in [2.75, 3.05) is 20.1 Å². The Kier molecular flexibility index (Phi) is 6.50. The van der Waals surface area contributed by atoms with Crippen LogP contribution in [-0.2, 0) is 0 Å². The molecule has 2 heteroatoms. The van der Waals surface area contributed by atoms with E-state index in [9.17, 15) is 0 Å². The highest BCUT2D eigenvalue weighted by Crippen LogP contribution is 1.90. The predicted molar refractivity (Wildman–Crippen MR) is 46.7 cm³/mol. The molecular weight excluding hydrogens is 124 g/mol. The SMILES string of the molecule is CNCC/C=N\CC(C)C. The molecule has 10 heavy (non-hydrogen) atoms. The third-order valence-corrected chi connectivity index (χ3v) is 1.12. The zero-order valence-electron chi connectivity index (χ0n) is 7.22. The number of hydrogen-bond acceptors (Lipinski definition) is 2. The lowest BCUT2D eigenvalue weighted by Gasteiger charge is -1.96. The fourth-order valence-corrected chi connectivity index (χ4v) is 0.586. The summed E-state index contributed by atoms with van der Waals surface area (Å²) < 4.78 is 0. The average molecular weight is 142 g/mol. The Morgan fingerprint density at radius 3 is 2.70 bits per heavy atom. The molecule has 0 amide bonds. The summed E-state index contributed by atoms with van der Waals surface area (Å²) in [6.07, 6.45) is 3.04. The highest BCUT2D eigenvalue weighted by atomic mass is 14.8. The van der Waals surface area contributed by atoms with Gasteiger partial charge < -0.3 is 5.32 Å². The van der Waals surface area contributed by atoms with Crippen LogP contribution in [0, 0.1) is 5.92 Å². The Morgan fingerprint density at radius 1 is 1.50 bits per heavy atom. The first-order valence-electron chi connectivity index (χ1n) is 3.90.